The van der Waals surface area contributed by atoms with Crippen LogP contribution in [0.25, 0.3) is 0 Å². The molecule has 96 valence electrons. The summed E-state index contributed by atoms with van der Waals surface area (Å²) in [6.07, 6.45) is 1.71. The van der Waals surface area contributed by atoms with Gasteiger partial charge in [0.2, 0.25) is 0 Å². The lowest BCUT2D eigenvalue weighted by Gasteiger charge is -2.29. The van der Waals surface area contributed by atoms with Crippen LogP contribution < -0.4 is 10.6 Å². The summed E-state index contributed by atoms with van der Waals surface area (Å²) in [6.45, 7) is 7.74. The van der Waals surface area contributed by atoms with Crippen molar-refractivity contribution >= 4 is 27.4 Å². The topological polar surface area (TPSA) is 51.4 Å². The van der Waals surface area contributed by atoms with Crippen LogP contribution >= 0.6 is 15.9 Å². The maximum Gasteiger partial charge on any atom is 0.143 e. The first-order valence-electron chi connectivity index (χ1n) is 5.65. The van der Waals surface area contributed by atoms with E-state index in [4.69, 9.17) is 10.5 Å². The fourth-order valence-corrected chi connectivity index (χ4v) is 2.14. The number of rotatable bonds is 5. The molecule has 0 radical (unpaired) electrons. The predicted octanol–water partition coefficient (Wildman–Crippen LogP) is 2.60. The van der Waals surface area contributed by atoms with Crippen LogP contribution in [0.4, 0.5) is 11.5 Å². The molecule has 5 heteroatoms. The Kier molecular flexibility index (Phi) is 5.21. The smallest absolute Gasteiger partial charge is 0.143 e. The molecule has 0 saturated carbocycles. The highest BCUT2D eigenvalue weighted by molar-refractivity contribution is 9.10. The SMILES string of the molecule is COCCN(c1ncc(N)c(C)c1Br)C(C)C. The molecule has 4 nitrogen and oxygen atoms in total. The average molecular weight is 302 g/mol. The molecule has 1 aromatic heterocycles. The molecule has 0 spiro atoms. The van der Waals surface area contributed by atoms with Crippen LogP contribution in [-0.2, 0) is 4.74 Å². The predicted molar refractivity (Wildman–Crippen MR) is 75.4 cm³/mol. The maximum atomic E-state index is 5.83. The third kappa shape index (κ3) is 3.33. The lowest BCUT2D eigenvalue weighted by atomic mass is 10.2. The number of ether oxygens (including phenoxy) is 1. The second-order valence-corrected chi connectivity index (χ2v) is 5.05. The molecule has 0 aromatic carbocycles. The van der Waals surface area contributed by atoms with Crippen LogP contribution in [0.15, 0.2) is 10.7 Å². The molecule has 0 fully saturated rings. The molecular formula is C12H20BrN3O. The number of pyridine rings is 1. The monoisotopic (exact) mass is 301 g/mol. The van der Waals surface area contributed by atoms with E-state index < -0.39 is 0 Å². The van der Waals surface area contributed by atoms with Crippen molar-refractivity contribution in [2.75, 3.05) is 30.9 Å². The van der Waals surface area contributed by atoms with Gasteiger partial charge in [0.05, 0.1) is 23.0 Å². The van der Waals surface area contributed by atoms with E-state index in [2.05, 4.69) is 39.7 Å². The molecule has 0 aliphatic rings. The van der Waals surface area contributed by atoms with Gasteiger partial charge in [-0.25, -0.2) is 4.98 Å². The minimum absolute atomic E-state index is 0.358. The first-order valence-corrected chi connectivity index (χ1v) is 6.44. The van der Waals surface area contributed by atoms with Crippen molar-refractivity contribution in [3.8, 4) is 0 Å². The number of halogens is 1. The van der Waals surface area contributed by atoms with Gasteiger partial charge in [-0.15, -0.1) is 0 Å². The average Bonchev–Trinajstić information content (AvgIpc) is 2.28. The number of methoxy groups -OCH3 is 1. The van der Waals surface area contributed by atoms with E-state index in [0.29, 0.717) is 18.3 Å². The first kappa shape index (κ1) is 14.3. The summed E-state index contributed by atoms with van der Waals surface area (Å²) in [7, 11) is 1.70. The Hall–Kier alpha value is -0.810. The number of nitrogens with zero attached hydrogens (tertiary/aromatic N) is 2. The van der Waals surface area contributed by atoms with Crippen LogP contribution in [0.2, 0.25) is 0 Å². The quantitative estimate of drug-likeness (QED) is 0.908. The molecule has 1 rings (SSSR count). The number of anilines is 2. The number of aromatic nitrogens is 1. The van der Waals surface area contributed by atoms with E-state index >= 15 is 0 Å². The van der Waals surface area contributed by atoms with E-state index in [1.807, 2.05) is 6.92 Å². The molecule has 2 N–H and O–H groups in total. The number of nitrogens with two attached hydrogens (primary N) is 1. The Balaban J connectivity index is 3.06. The van der Waals surface area contributed by atoms with Crippen molar-refractivity contribution < 1.29 is 4.74 Å². The van der Waals surface area contributed by atoms with E-state index in [0.717, 1.165) is 22.4 Å². The normalized spacial score (nSPS) is 10.9. The van der Waals surface area contributed by atoms with Gasteiger partial charge in [0.1, 0.15) is 5.82 Å². The molecule has 0 aliphatic heterocycles. The lowest BCUT2D eigenvalue weighted by molar-refractivity contribution is 0.203. The molecule has 0 aliphatic carbocycles. The highest BCUT2D eigenvalue weighted by atomic mass is 79.9. The number of nitrogen functional groups attached to an aromatic ring is 1. The zero-order valence-electron chi connectivity index (χ0n) is 10.8. The zero-order chi connectivity index (χ0) is 13.0. The van der Waals surface area contributed by atoms with Crippen LogP contribution in [-0.4, -0.2) is 31.3 Å². The fraction of sp³-hybridized carbons (Fsp3) is 0.583. The summed E-state index contributed by atoms with van der Waals surface area (Å²) < 4.78 is 6.09. The zero-order valence-corrected chi connectivity index (χ0v) is 12.4. The first-order chi connectivity index (χ1) is 7.99. The Morgan fingerprint density at radius 1 is 1.53 bits per heavy atom. The molecule has 0 atom stereocenters. The molecule has 1 heterocycles. The second-order valence-electron chi connectivity index (χ2n) is 4.26. The molecule has 0 unspecified atom stereocenters. The summed E-state index contributed by atoms with van der Waals surface area (Å²) in [5.74, 6) is 0.920. The Labute approximate surface area is 111 Å². The Morgan fingerprint density at radius 3 is 2.71 bits per heavy atom. The van der Waals surface area contributed by atoms with Crippen molar-refractivity contribution in [2.45, 2.75) is 26.8 Å². The van der Waals surface area contributed by atoms with Gasteiger partial charge in [0.25, 0.3) is 0 Å². The van der Waals surface area contributed by atoms with Crippen LogP contribution in [0.3, 0.4) is 0 Å². The molecule has 1 aromatic rings. The van der Waals surface area contributed by atoms with E-state index in [9.17, 15) is 0 Å². The molecular weight excluding hydrogens is 282 g/mol. The van der Waals surface area contributed by atoms with Gasteiger partial charge in [-0.1, -0.05) is 0 Å². The summed E-state index contributed by atoms with van der Waals surface area (Å²) in [5.41, 5.74) is 7.56. The molecule has 0 saturated heterocycles. The van der Waals surface area contributed by atoms with Crippen LogP contribution in [0.1, 0.15) is 19.4 Å². The van der Waals surface area contributed by atoms with Gasteiger partial charge in [-0.3, -0.25) is 0 Å². The van der Waals surface area contributed by atoms with Crippen molar-refractivity contribution in [1.82, 2.24) is 4.98 Å². The molecule has 17 heavy (non-hydrogen) atoms. The number of hydrogen-bond donors (Lipinski definition) is 1. The van der Waals surface area contributed by atoms with E-state index in [1.165, 1.54) is 0 Å². The minimum Gasteiger partial charge on any atom is -0.397 e. The largest absolute Gasteiger partial charge is 0.397 e. The van der Waals surface area contributed by atoms with Crippen molar-refractivity contribution in [3.63, 3.8) is 0 Å². The highest BCUT2D eigenvalue weighted by Gasteiger charge is 2.17. The minimum atomic E-state index is 0.358. The van der Waals surface area contributed by atoms with Crippen molar-refractivity contribution in [2.24, 2.45) is 0 Å². The maximum absolute atomic E-state index is 5.83. The van der Waals surface area contributed by atoms with Gasteiger partial charge in [0.15, 0.2) is 0 Å². The summed E-state index contributed by atoms with van der Waals surface area (Å²) in [4.78, 5) is 6.61. The Morgan fingerprint density at radius 2 is 2.18 bits per heavy atom. The summed E-state index contributed by atoms with van der Waals surface area (Å²) >= 11 is 3.57. The van der Waals surface area contributed by atoms with E-state index in [-0.39, 0.29) is 0 Å². The third-order valence-electron chi connectivity index (χ3n) is 2.72. The summed E-state index contributed by atoms with van der Waals surface area (Å²) in [5, 5.41) is 0. The van der Waals surface area contributed by atoms with Crippen LogP contribution in [0, 0.1) is 6.92 Å². The standard InChI is InChI=1S/C12H20BrN3O/c1-8(2)16(5-6-17-4)12-11(13)9(3)10(14)7-15-12/h7-8H,5-6,14H2,1-4H3. The van der Waals surface area contributed by atoms with Gasteiger partial charge >= 0.3 is 0 Å². The van der Waals surface area contributed by atoms with Crippen LogP contribution in [0.5, 0.6) is 0 Å². The van der Waals surface area contributed by atoms with Crippen molar-refractivity contribution in [1.29, 1.82) is 0 Å². The van der Waals surface area contributed by atoms with Crippen molar-refractivity contribution in [3.05, 3.63) is 16.2 Å². The van der Waals surface area contributed by atoms with Gasteiger partial charge in [0, 0.05) is 19.7 Å². The fourth-order valence-electron chi connectivity index (χ4n) is 1.58. The summed E-state index contributed by atoms with van der Waals surface area (Å²) in [6, 6.07) is 0.358. The lowest BCUT2D eigenvalue weighted by Crippen LogP contribution is -2.35. The molecule has 0 amide bonds. The van der Waals surface area contributed by atoms with Gasteiger partial charge in [-0.05, 0) is 42.3 Å². The van der Waals surface area contributed by atoms with E-state index in [1.54, 1.807) is 13.3 Å². The number of hydrogen-bond acceptors (Lipinski definition) is 4. The molecule has 0 bridgehead atoms. The second kappa shape index (κ2) is 6.21. The Bertz CT molecular complexity index is 382. The highest BCUT2D eigenvalue weighted by Crippen LogP contribution is 2.31. The van der Waals surface area contributed by atoms with Gasteiger partial charge < -0.3 is 15.4 Å². The van der Waals surface area contributed by atoms with Gasteiger partial charge in [-0.2, -0.15) is 0 Å². The third-order valence-corrected chi connectivity index (χ3v) is 3.67.